The predicted octanol–water partition coefficient (Wildman–Crippen LogP) is 2.51. The van der Waals surface area contributed by atoms with Gasteiger partial charge in [-0.05, 0) is 41.5 Å². The Morgan fingerprint density at radius 3 is 2.91 bits per heavy atom. The van der Waals surface area contributed by atoms with Gasteiger partial charge in [0.15, 0.2) is 0 Å². The fourth-order valence-electron chi connectivity index (χ4n) is 1.98. The van der Waals surface area contributed by atoms with E-state index in [0.29, 0.717) is 29.5 Å². The van der Waals surface area contributed by atoms with Crippen LogP contribution in [0.4, 0.5) is 0 Å². The number of methoxy groups -OCH3 is 1. The molecule has 0 spiro atoms. The van der Waals surface area contributed by atoms with E-state index in [0.717, 1.165) is 11.3 Å². The van der Waals surface area contributed by atoms with Crippen LogP contribution in [0, 0.1) is 35.5 Å². The van der Waals surface area contributed by atoms with Gasteiger partial charge in [-0.2, -0.15) is 15.2 Å². The zero-order chi connectivity index (χ0) is 16.7. The molecule has 0 aliphatic carbocycles. The van der Waals surface area contributed by atoms with Gasteiger partial charge in [0.2, 0.25) is 5.16 Å². The van der Waals surface area contributed by atoms with Crippen LogP contribution in [0.2, 0.25) is 0 Å². The lowest BCUT2D eigenvalue weighted by atomic mass is 10.1. The van der Waals surface area contributed by atoms with E-state index < -0.39 is 0 Å². The molecular formula is C15H16N6OS. The summed E-state index contributed by atoms with van der Waals surface area (Å²) in [7, 11) is 1.60. The summed E-state index contributed by atoms with van der Waals surface area (Å²) in [6.45, 7) is 1.98. The number of ether oxygens (including phenoxy) is 1. The molecule has 0 aliphatic rings. The molecule has 0 saturated heterocycles. The Bertz CT molecular complexity index is 745. The van der Waals surface area contributed by atoms with Gasteiger partial charge in [0.25, 0.3) is 0 Å². The van der Waals surface area contributed by atoms with E-state index >= 15 is 0 Å². The average molecular weight is 328 g/mol. The smallest absolute Gasteiger partial charge is 0.214 e. The highest BCUT2D eigenvalue weighted by atomic mass is 32.2. The number of tetrazole rings is 1. The largest absolute Gasteiger partial charge is 0.494 e. The molecule has 8 heteroatoms. The first kappa shape index (κ1) is 16.8. The Kier molecular flexibility index (Phi) is 5.95. The molecule has 23 heavy (non-hydrogen) atoms. The normalized spacial score (nSPS) is 11.5. The molecule has 1 aromatic heterocycles. The molecule has 1 heterocycles. The van der Waals surface area contributed by atoms with E-state index in [9.17, 15) is 0 Å². The monoisotopic (exact) mass is 328 g/mol. The fraction of sp³-hybridized carbons (Fsp3) is 0.400. The number of aromatic nitrogens is 4. The first-order chi connectivity index (χ1) is 11.2. The number of thioether (sulfide) groups is 1. The minimum atomic E-state index is -0.204. The third kappa shape index (κ3) is 4.21. The van der Waals surface area contributed by atoms with Crippen LogP contribution in [0.1, 0.15) is 18.4 Å². The summed E-state index contributed by atoms with van der Waals surface area (Å²) in [5.74, 6) is 1.00. The maximum Gasteiger partial charge on any atom is 0.214 e. The van der Waals surface area contributed by atoms with E-state index in [1.165, 1.54) is 11.8 Å². The van der Waals surface area contributed by atoms with Crippen LogP contribution in [0.3, 0.4) is 0 Å². The van der Waals surface area contributed by atoms with Gasteiger partial charge in [0.1, 0.15) is 11.4 Å². The Morgan fingerprint density at radius 2 is 2.22 bits per heavy atom. The third-order valence-electron chi connectivity index (χ3n) is 3.20. The van der Waals surface area contributed by atoms with E-state index in [2.05, 4.69) is 27.7 Å². The molecule has 118 valence electrons. The second-order valence-corrected chi connectivity index (χ2v) is 5.87. The number of rotatable bonds is 7. The zero-order valence-electron chi connectivity index (χ0n) is 12.9. The van der Waals surface area contributed by atoms with Crippen molar-refractivity contribution in [1.29, 1.82) is 10.5 Å². The maximum absolute atomic E-state index is 9.13. The quantitative estimate of drug-likeness (QED) is 0.720. The average Bonchev–Trinajstić information content (AvgIpc) is 3.03. The first-order valence-corrected chi connectivity index (χ1v) is 8.01. The van der Waals surface area contributed by atoms with Crippen LogP contribution in [0.25, 0.3) is 5.69 Å². The number of nitrogens with zero attached hydrogens (tertiary/aromatic N) is 6. The van der Waals surface area contributed by atoms with Crippen molar-refractivity contribution in [3.8, 4) is 23.6 Å². The standard InChI is InChI=1S/C15H16N6OS/c1-11-5-6-14(22-2)13(8-11)21-15(18-19-20-21)23-10-12(9-17)4-3-7-16/h5-6,8,12H,3-4,10H2,1-2H3/t12-/m0/s1. The molecular weight excluding hydrogens is 312 g/mol. The molecule has 0 radical (unpaired) electrons. The van der Waals surface area contributed by atoms with Crippen molar-refractivity contribution in [2.45, 2.75) is 24.9 Å². The topological polar surface area (TPSA) is 100 Å². The third-order valence-corrected chi connectivity index (χ3v) is 4.29. The van der Waals surface area contributed by atoms with Crippen molar-refractivity contribution < 1.29 is 4.74 Å². The Morgan fingerprint density at radius 1 is 1.39 bits per heavy atom. The fourth-order valence-corrected chi connectivity index (χ4v) is 2.93. The number of nitriles is 2. The zero-order valence-corrected chi connectivity index (χ0v) is 13.7. The predicted molar refractivity (Wildman–Crippen MR) is 85.1 cm³/mol. The number of hydrogen-bond acceptors (Lipinski definition) is 7. The molecule has 0 bridgehead atoms. The second-order valence-electron chi connectivity index (χ2n) is 4.88. The van der Waals surface area contributed by atoms with Crippen LogP contribution in [-0.4, -0.2) is 33.1 Å². The minimum Gasteiger partial charge on any atom is -0.494 e. The Balaban J connectivity index is 2.19. The maximum atomic E-state index is 9.13. The summed E-state index contributed by atoms with van der Waals surface area (Å²) in [6, 6.07) is 10.0. The van der Waals surface area contributed by atoms with Crippen LogP contribution < -0.4 is 4.74 Å². The van der Waals surface area contributed by atoms with Crippen molar-refractivity contribution >= 4 is 11.8 Å². The van der Waals surface area contributed by atoms with Crippen LogP contribution in [0.5, 0.6) is 5.75 Å². The molecule has 0 fully saturated rings. The van der Waals surface area contributed by atoms with E-state index in [-0.39, 0.29) is 5.92 Å². The van der Waals surface area contributed by atoms with E-state index in [4.69, 9.17) is 15.3 Å². The highest BCUT2D eigenvalue weighted by molar-refractivity contribution is 7.99. The highest BCUT2D eigenvalue weighted by Crippen LogP contribution is 2.28. The Labute approximate surface area is 138 Å². The summed E-state index contributed by atoms with van der Waals surface area (Å²) in [4.78, 5) is 0. The molecule has 0 N–H and O–H groups in total. The molecule has 2 rings (SSSR count). The van der Waals surface area contributed by atoms with Gasteiger partial charge < -0.3 is 4.74 Å². The summed E-state index contributed by atoms with van der Waals surface area (Å²) in [5.41, 5.74) is 1.82. The summed E-state index contributed by atoms with van der Waals surface area (Å²) >= 11 is 1.40. The van der Waals surface area contributed by atoms with E-state index in [1.807, 2.05) is 25.1 Å². The van der Waals surface area contributed by atoms with Gasteiger partial charge in [-0.25, -0.2) is 0 Å². The van der Waals surface area contributed by atoms with E-state index in [1.54, 1.807) is 11.8 Å². The SMILES string of the molecule is COc1ccc(C)cc1-n1nnnc1SC[C@H](C#N)CCC#N. The Hall–Kier alpha value is -2.58. The highest BCUT2D eigenvalue weighted by Gasteiger charge is 2.16. The van der Waals surface area contributed by atoms with Crippen molar-refractivity contribution in [3.63, 3.8) is 0 Å². The summed E-state index contributed by atoms with van der Waals surface area (Å²) in [5, 5.41) is 30.1. The molecule has 1 atom stereocenters. The van der Waals surface area contributed by atoms with Gasteiger partial charge in [0.05, 0.1) is 25.2 Å². The van der Waals surface area contributed by atoms with Crippen molar-refractivity contribution in [1.82, 2.24) is 20.2 Å². The summed E-state index contributed by atoms with van der Waals surface area (Å²) < 4.78 is 6.97. The molecule has 1 aromatic carbocycles. The van der Waals surface area contributed by atoms with Crippen molar-refractivity contribution in [2.75, 3.05) is 12.9 Å². The summed E-state index contributed by atoms with van der Waals surface area (Å²) in [6.07, 6.45) is 0.921. The molecule has 2 aromatic rings. The molecule has 0 amide bonds. The molecule has 0 unspecified atom stereocenters. The van der Waals surface area contributed by atoms with Crippen LogP contribution in [0.15, 0.2) is 23.4 Å². The number of aryl methyl sites for hydroxylation is 1. The van der Waals surface area contributed by atoms with Gasteiger partial charge in [-0.3, -0.25) is 0 Å². The van der Waals surface area contributed by atoms with Gasteiger partial charge in [-0.1, -0.05) is 17.8 Å². The van der Waals surface area contributed by atoms with Gasteiger partial charge in [-0.15, -0.1) is 5.10 Å². The van der Waals surface area contributed by atoms with Gasteiger partial charge in [0, 0.05) is 12.2 Å². The van der Waals surface area contributed by atoms with Gasteiger partial charge >= 0.3 is 0 Å². The second kappa shape index (κ2) is 8.16. The van der Waals surface area contributed by atoms with Crippen molar-refractivity contribution in [3.05, 3.63) is 23.8 Å². The number of benzene rings is 1. The lowest BCUT2D eigenvalue weighted by molar-refractivity contribution is 0.410. The van der Waals surface area contributed by atoms with Crippen LogP contribution >= 0.6 is 11.8 Å². The van der Waals surface area contributed by atoms with Crippen LogP contribution in [-0.2, 0) is 0 Å². The van der Waals surface area contributed by atoms with Crippen molar-refractivity contribution in [2.24, 2.45) is 5.92 Å². The lowest BCUT2D eigenvalue weighted by Crippen LogP contribution is -2.05. The number of hydrogen-bond donors (Lipinski definition) is 0. The molecule has 0 saturated carbocycles. The minimum absolute atomic E-state index is 0.204. The molecule has 7 nitrogen and oxygen atoms in total. The molecule has 0 aliphatic heterocycles. The lowest BCUT2D eigenvalue weighted by Gasteiger charge is -2.11. The first-order valence-electron chi connectivity index (χ1n) is 7.02.